The number of anilines is 1. The van der Waals surface area contributed by atoms with Crippen molar-refractivity contribution >= 4 is 33.3 Å². The number of ether oxygens (including phenoxy) is 1. The number of hydrogen-bond acceptors (Lipinski definition) is 8. The highest BCUT2D eigenvalue weighted by Crippen LogP contribution is 2.25. The maximum absolute atomic E-state index is 12.2. The Kier molecular flexibility index (Phi) is 3.13. The topological polar surface area (TPSA) is 113 Å². The van der Waals surface area contributed by atoms with E-state index in [0.717, 1.165) is 11.3 Å². The largest absolute Gasteiger partial charge is 0.461 e. The molecule has 0 fully saturated rings. The average molecular weight is 332 g/mol. The van der Waals surface area contributed by atoms with Crippen molar-refractivity contribution in [3.05, 3.63) is 28.1 Å². The third-order valence-electron chi connectivity index (χ3n) is 3.38. The lowest BCUT2D eigenvalue weighted by Crippen LogP contribution is -2.17. The molecule has 4 heterocycles. The molecule has 2 N–H and O–H groups in total. The van der Waals surface area contributed by atoms with E-state index < -0.39 is 0 Å². The van der Waals surface area contributed by atoms with Gasteiger partial charge in [0.15, 0.2) is 17.1 Å². The SMILES string of the molecule is COCCn1c(=O)sc2c1nc(N)n1nc(-c3ccco3)nc21. The highest BCUT2D eigenvalue weighted by atomic mass is 32.1. The number of fused-ring (bicyclic) bond motifs is 3. The standard InChI is InChI=1S/C13H12N6O3S/c1-21-6-4-18-10-8(23-13(18)20)11-15-9(7-3-2-5-22-7)17-19(11)12(14)16-10/h2-3,5H,4,6H2,1H3,(H2,14,16). The van der Waals surface area contributed by atoms with Crippen molar-refractivity contribution in [2.75, 3.05) is 19.5 Å². The van der Waals surface area contributed by atoms with Crippen LogP contribution in [0.2, 0.25) is 0 Å². The van der Waals surface area contributed by atoms with Gasteiger partial charge in [-0.15, -0.1) is 5.10 Å². The van der Waals surface area contributed by atoms with Crippen molar-refractivity contribution in [3.8, 4) is 11.6 Å². The second kappa shape index (κ2) is 5.18. The van der Waals surface area contributed by atoms with E-state index in [2.05, 4.69) is 15.1 Å². The predicted octanol–water partition coefficient (Wildman–Crippen LogP) is 0.989. The molecular formula is C13H12N6O3S. The molecule has 0 radical (unpaired) electrons. The van der Waals surface area contributed by atoms with Gasteiger partial charge in [-0.05, 0) is 12.1 Å². The number of furan rings is 1. The summed E-state index contributed by atoms with van der Waals surface area (Å²) in [5.74, 6) is 1.06. The highest BCUT2D eigenvalue weighted by Gasteiger charge is 2.19. The van der Waals surface area contributed by atoms with Crippen LogP contribution in [-0.2, 0) is 11.3 Å². The summed E-state index contributed by atoms with van der Waals surface area (Å²) in [7, 11) is 1.58. The molecule has 4 aromatic rings. The summed E-state index contributed by atoms with van der Waals surface area (Å²) in [5, 5.41) is 4.30. The normalized spacial score (nSPS) is 11.7. The van der Waals surface area contributed by atoms with Crippen molar-refractivity contribution in [2.24, 2.45) is 0 Å². The number of nitrogens with two attached hydrogens (primary N) is 1. The Balaban J connectivity index is 1.99. The van der Waals surface area contributed by atoms with Gasteiger partial charge in [-0.2, -0.15) is 9.50 Å². The molecule has 4 rings (SSSR count). The van der Waals surface area contributed by atoms with Crippen LogP contribution in [0.3, 0.4) is 0 Å². The molecule has 0 unspecified atom stereocenters. The molecule has 0 saturated carbocycles. The van der Waals surface area contributed by atoms with Crippen molar-refractivity contribution in [2.45, 2.75) is 6.54 Å². The van der Waals surface area contributed by atoms with E-state index in [-0.39, 0.29) is 10.8 Å². The van der Waals surface area contributed by atoms with Crippen LogP contribution in [-0.4, -0.2) is 37.9 Å². The molecule has 10 heteroatoms. The van der Waals surface area contributed by atoms with Crippen LogP contribution < -0.4 is 10.6 Å². The third-order valence-corrected chi connectivity index (χ3v) is 4.34. The average Bonchev–Trinajstić information content (AvgIpc) is 3.23. The fraction of sp³-hybridized carbons (Fsp3) is 0.231. The van der Waals surface area contributed by atoms with Gasteiger partial charge >= 0.3 is 4.87 Å². The first kappa shape index (κ1) is 13.9. The highest BCUT2D eigenvalue weighted by molar-refractivity contribution is 7.17. The van der Waals surface area contributed by atoms with Gasteiger partial charge in [-0.1, -0.05) is 11.3 Å². The molecule has 23 heavy (non-hydrogen) atoms. The maximum Gasteiger partial charge on any atom is 0.309 e. The Bertz CT molecular complexity index is 1050. The van der Waals surface area contributed by atoms with Gasteiger partial charge in [0.25, 0.3) is 0 Å². The first-order valence-electron chi connectivity index (χ1n) is 6.77. The number of hydrogen-bond donors (Lipinski definition) is 1. The van der Waals surface area contributed by atoms with Gasteiger partial charge in [0, 0.05) is 7.11 Å². The fourth-order valence-corrected chi connectivity index (χ4v) is 3.25. The molecule has 0 spiro atoms. The van der Waals surface area contributed by atoms with Gasteiger partial charge < -0.3 is 14.9 Å². The van der Waals surface area contributed by atoms with E-state index in [0.29, 0.717) is 40.7 Å². The lowest BCUT2D eigenvalue weighted by atomic mass is 10.4. The van der Waals surface area contributed by atoms with Crippen molar-refractivity contribution in [1.29, 1.82) is 0 Å². The summed E-state index contributed by atoms with van der Waals surface area (Å²) >= 11 is 1.06. The molecule has 118 valence electrons. The van der Waals surface area contributed by atoms with E-state index in [1.165, 1.54) is 15.3 Å². The van der Waals surface area contributed by atoms with Crippen molar-refractivity contribution < 1.29 is 9.15 Å². The molecule has 9 nitrogen and oxygen atoms in total. The van der Waals surface area contributed by atoms with Crippen LogP contribution in [0.15, 0.2) is 27.6 Å². The number of methoxy groups -OCH3 is 1. The Morgan fingerprint density at radius 3 is 3.00 bits per heavy atom. The van der Waals surface area contributed by atoms with E-state index >= 15 is 0 Å². The van der Waals surface area contributed by atoms with Crippen LogP contribution in [0, 0.1) is 0 Å². The van der Waals surface area contributed by atoms with Gasteiger partial charge in [0.1, 0.15) is 4.70 Å². The van der Waals surface area contributed by atoms with Gasteiger partial charge in [-0.3, -0.25) is 9.36 Å². The van der Waals surface area contributed by atoms with Crippen molar-refractivity contribution in [3.63, 3.8) is 0 Å². The summed E-state index contributed by atoms with van der Waals surface area (Å²) in [4.78, 5) is 20.8. The van der Waals surface area contributed by atoms with E-state index in [4.69, 9.17) is 14.9 Å². The molecule has 4 aromatic heterocycles. The van der Waals surface area contributed by atoms with Gasteiger partial charge in [-0.25, -0.2) is 4.98 Å². The lowest BCUT2D eigenvalue weighted by Gasteiger charge is -2.03. The van der Waals surface area contributed by atoms with Gasteiger partial charge in [0.05, 0.1) is 19.4 Å². The molecule has 0 bridgehead atoms. The summed E-state index contributed by atoms with van der Waals surface area (Å²) < 4.78 is 13.9. The summed E-state index contributed by atoms with van der Waals surface area (Å²) in [6, 6.07) is 3.50. The Morgan fingerprint density at radius 1 is 1.39 bits per heavy atom. The smallest absolute Gasteiger partial charge is 0.309 e. The molecule has 0 aliphatic heterocycles. The lowest BCUT2D eigenvalue weighted by molar-refractivity contribution is 0.187. The summed E-state index contributed by atoms with van der Waals surface area (Å²) in [6.07, 6.45) is 1.54. The molecule has 0 amide bonds. The van der Waals surface area contributed by atoms with Crippen LogP contribution >= 0.6 is 11.3 Å². The zero-order chi connectivity index (χ0) is 16.0. The molecule has 0 atom stereocenters. The molecule has 0 aliphatic carbocycles. The quantitative estimate of drug-likeness (QED) is 0.593. The zero-order valence-electron chi connectivity index (χ0n) is 12.1. The van der Waals surface area contributed by atoms with E-state index in [1.54, 1.807) is 19.2 Å². The first-order chi connectivity index (χ1) is 11.2. The Hall–Kier alpha value is -2.72. The minimum Gasteiger partial charge on any atom is -0.461 e. The summed E-state index contributed by atoms with van der Waals surface area (Å²) in [6.45, 7) is 0.806. The minimum absolute atomic E-state index is 0.139. The molecule has 0 saturated heterocycles. The van der Waals surface area contributed by atoms with Crippen LogP contribution in [0.1, 0.15) is 0 Å². The van der Waals surface area contributed by atoms with Crippen LogP contribution in [0.25, 0.3) is 27.6 Å². The number of aromatic nitrogens is 5. The van der Waals surface area contributed by atoms with Gasteiger partial charge in [0.2, 0.25) is 11.8 Å². The minimum atomic E-state index is -0.139. The van der Waals surface area contributed by atoms with Crippen LogP contribution in [0.4, 0.5) is 5.95 Å². The van der Waals surface area contributed by atoms with E-state index in [9.17, 15) is 4.79 Å². The first-order valence-corrected chi connectivity index (χ1v) is 7.59. The molecule has 0 aliphatic rings. The Morgan fingerprint density at radius 2 is 2.26 bits per heavy atom. The summed E-state index contributed by atoms with van der Waals surface area (Å²) in [5.41, 5.74) is 6.94. The zero-order valence-corrected chi connectivity index (χ0v) is 12.9. The number of rotatable bonds is 4. The van der Waals surface area contributed by atoms with E-state index in [1.807, 2.05) is 0 Å². The predicted molar refractivity (Wildman–Crippen MR) is 84.4 cm³/mol. The second-order valence-corrected chi connectivity index (χ2v) is 5.74. The van der Waals surface area contributed by atoms with Crippen molar-refractivity contribution in [1.82, 2.24) is 24.1 Å². The maximum atomic E-state index is 12.2. The number of nitrogen functional groups attached to an aromatic ring is 1. The number of thiazole rings is 1. The second-order valence-electron chi connectivity index (χ2n) is 4.78. The Labute approximate surface area is 132 Å². The third kappa shape index (κ3) is 2.11. The molecule has 0 aromatic carbocycles. The number of nitrogens with zero attached hydrogens (tertiary/aromatic N) is 5. The van der Waals surface area contributed by atoms with Crippen LogP contribution in [0.5, 0.6) is 0 Å². The molecular weight excluding hydrogens is 320 g/mol. The monoisotopic (exact) mass is 332 g/mol. The fourth-order valence-electron chi connectivity index (χ4n) is 2.32.